The van der Waals surface area contributed by atoms with Crippen LogP contribution in [0.1, 0.15) is 51.1 Å². The Morgan fingerprint density at radius 1 is 0.974 bits per heavy atom. The Kier molecular flexibility index (Phi) is 7.70. The summed E-state index contributed by atoms with van der Waals surface area (Å²) in [5.74, 6) is 0.326. The molecular formula is C29H30F3N3O2S2. The van der Waals surface area contributed by atoms with E-state index in [1.807, 2.05) is 36.7 Å². The van der Waals surface area contributed by atoms with E-state index < -0.39 is 20.6 Å². The van der Waals surface area contributed by atoms with Crippen LogP contribution in [0, 0.1) is 0 Å². The van der Waals surface area contributed by atoms with Gasteiger partial charge in [-0.15, -0.1) is 0 Å². The van der Waals surface area contributed by atoms with Crippen LogP contribution >= 0.6 is 11.8 Å². The summed E-state index contributed by atoms with van der Waals surface area (Å²) in [5, 5.41) is 2.80. The van der Waals surface area contributed by atoms with Gasteiger partial charge >= 0.3 is 5.51 Å². The number of anilines is 1. The minimum atomic E-state index is -4.34. The molecule has 5 nitrogen and oxygen atoms in total. The molecule has 2 heterocycles. The van der Waals surface area contributed by atoms with Crippen molar-refractivity contribution in [3.63, 3.8) is 0 Å². The highest BCUT2D eigenvalue weighted by molar-refractivity contribution is 8.00. The predicted octanol–water partition coefficient (Wildman–Crippen LogP) is 7.93. The highest BCUT2D eigenvalue weighted by Gasteiger charge is 2.32. The van der Waals surface area contributed by atoms with Crippen molar-refractivity contribution in [2.24, 2.45) is 0 Å². The number of thioether (sulfide) groups is 1. The summed E-state index contributed by atoms with van der Waals surface area (Å²) in [5.41, 5.74) is 0.173. The molecule has 39 heavy (non-hydrogen) atoms. The van der Waals surface area contributed by atoms with Crippen molar-refractivity contribution >= 4 is 32.9 Å². The van der Waals surface area contributed by atoms with E-state index in [-0.39, 0.29) is 22.7 Å². The maximum absolute atomic E-state index is 13.4. The van der Waals surface area contributed by atoms with Crippen LogP contribution in [0.2, 0.25) is 0 Å². The molecule has 0 atom stereocenters. The average molecular weight is 574 g/mol. The largest absolute Gasteiger partial charge is 0.446 e. The topological polar surface area (TPSA) is 63.5 Å². The number of halogens is 3. The van der Waals surface area contributed by atoms with Gasteiger partial charge in [-0.05, 0) is 97.0 Å². The number of rotatable bonds is 7. The number of imidazole rings is 1. The zero-order chi connectivity index (χ0) is 27.8. The Morgan fingerprint density at radius 2 is 1.67 bits per heavy atom. The lowest BCUT2D eigenvalue weighted by Gasteiger charge is -2.29. The minimum Gasteiger partial charge on any atom is -0.382 e. The van der Waals surface area contributed by atoms with E-state index in [0.29, 0.717) is 42.2 Å². The van der Waals surface area contributed by atoms with E-state index in [4.69, 9.17) is 0 Å². The zero-order valence-corrected chi connectivity index (χ0v) is 23.3. The van der Waals surface area contributed by atoms with Crippen molar-refractivity contribution in [2.45, 2.75) is 72.0 Å². The van der Waals surface area contributed by atoms with Crippen molar-refractivity contribution in [3.8, 4) is 11.1 Å². The summed E-state index contributed by atoms with van der Waals surface area (Å²) < 4.78 is 67.0. The lowest BCUT2D eigenvalue weighted by atomic mass is 9.95. The number of fused-ring (bicyclic) bond motifs is 1. The molecule has 1 aliphatic rings. The third kappa shape index (κ3) is 6.27. The third-order valence-electron chi connectivity index (χ3n) is 7.19. The number of pyridine rings is 1. The molecule has 0 bridgehead atoms. The highest BCUT2D eigenvalue weighted by Crippen LogP contribution is 2.38. The normalized spacial score (nSPS) is 18.5. The lowest BCUT2D eigenvalue weighted by molar-refractivity contribution is -0.0328. The standard InChI is InChI=1S/C29H30F3N3O2S2/c1-19(2)27-17-33-28-15-8-21(18-35(27)28)20-6-11-25(12-7-20)39(36,37)26-13-9-22(10-14-26)34-23-4-3-5-24(16-23)38-29(30,31)32/h3-8,11-12,15-19,22,26,34H,9-10,13-14H2,1-2H3/t22-,26-. The second kappa shape index (κ2) is 10.9. The van der Waals surface area contributed by atoms with E-state index in [1.54, 1.807) is 24.3 Å². The third-order valence-corrected chi connectivity index (χ3v) is 10.2. The predicted molar refractivity (Wildman–Crippen MR) is 150 cm³/mol. The van der Waals surface area contributed by atoms with Crippen molar-refractivity contribution in [2.75, 3.05) is 5.32 Å². The summed E-state index contributed by atoms with van der Waals surface area (Å²) in [7, 11) is -3.50. The van der Waals surface area contributed by atoms with Gasteiger partial charge in [0.1, 0.15) is 5.65 Å². The van der Waals surface area contributed by atoms with Crippen molar-refractivity contribution in [1.29, 1.82) is 0 Å². The fraction of sp³-hybridized carbons (Fsp3) is 0.345. The Balaban J connectivity index is 1.24. The molecule has 0 aliphatic heterocycles. The van der Waals surface area contributed by atoms with Crippen LogP contribution < -0.4 is 5.32 Å². The fourth-order valence-corrected chi connectivity index (χ4v) is 7.56. The lowest BCUT2D eigenvalue weighted by Crippen LogP contribution is -2.32. The molecule has 4 aromatic rings. The van der Waals surface area contributed by atoms with Crippen LogP contribution in [0.15, 0.2) is 82.8 Å². The maximum Gasteiger partial charge on any atom is 0.446 e. The highest BCUT2D eigenvalue weighted by atomic mass is 32.2. The number of aromatic nitrogens is 2. The molecule has 2 aromatic heterocycles. The average Bonchev–Trinajstić information content (AvgIpc) is 3.32. The van der Waals surface area contributed by atoms with Crippen LogP contribution in [0.5, 0.6) is 0 Å². The first-order valence-electron chi connectivity index (χ1n) is 12.9. The van der Waals surface area contributed by atoms with E-state index in [2.05, 4.69) is 28.5 Å². The van der Waals surface area contributed by atoms with E-state index in [0.717, 1.165) is 22.5 Å². The number of nitrogens with one attached hydrogen (secondary N) is 1. The first kappa shape index (κ1) is 27.6. The quantitative estimate of drug-likeness (QED) is 0.228. The second-order valence-electron chi connectivity index (χ2n) is 10.2. The van der Waals surface area contributed by atoms with E-state index >= 15 is 0 Å². The Labute approximate surface area is 230 Å². The van der Waals surface area contributed by atoms with Crippen LogP contribution in [-0.2, 0) is 9.84 Å². The zero-order valence-electron chi connectivity index (χ0n) is 21.6. The van der Waals surface area contributed by atoms with Gasteiger partial charge in [0, 0.05) is 34.7 Å². The SMILES string of the molecule is CC(C)c1cnc2ccc(-c3ccc(S(=O)(=O)[C@H]4CC[C@H](Nc5cccc(SC(F)(F)F)c5)CC4)cc3)cn12. The van der Waals surface area contributed by atoms with Gasteiger partial charge in [-0.1, -0.05) is 32.0 Å². The number of alkyl halides is 3. The van der Waals surface area contributed by atoms with Crippen molar-refractivity contribution in [3.05, 3.63) is 78.8 Å². The molecule has 5 rings (SSSR count). The Hall–Kier alpha value is -2.98. The summed E-state index contributed by atoms with van der Waals surface area (Å²) in [6.07, 6.45) is 6.16. The van der Waals surface area contributed by atoms with Gasteiger partial charge in [-0.3, -0.25) is 0 Å². The van der Waals surface area contributed by atoms with Gasteiger partial charge < -0.3 is 9.72 Å². The molecule has 0 radical (unpaired) electrons. The number of benzene rings is 2. The smallest absolute Gasteiger partial charge is 0.382 e. The van der Waals surface area contributed by atoms with E-state index in [1.165, 1.54) is 12.1 Å². The van der Waals surface area contributed by atoms with E-state index in [9.17, 15) is 21.6 Å². The molecule has 1 fully saturated rings. The summed E-state index contributed by atoms with van der Waals surface area (Å²) in [4.78, 5) is 4.89. The van der Waals surface area contributed by atoms with Gasteiger partial charge in [0.05, 0.1) is 10.1 Å². The summed E-state index contributed by atoms with van der Waals surface area (Å²) >= 11 is -0.143. The molecule has 0 saturated heterocycles. The molecule has 2 aromatic carbocycles. The molecule has 0 spiro atoms. The van der Waals surface area contributed by atoms with Gasteiger partial charge in [-0.2, -0.15) is 13.2 Å². The van der Waals surface area contributed by atoms with Crippen LogP contribution in [-0.4, -0.2) is 34.6 Å². The molecule has 0 amide bonds. The minimum absolute atomic E-state index is 0.0128. The number of nitrogens with zero attached hydrogens (tertiary/aromatic N) is 2. The molecule has 10 heteroatoms. The first-order chi connectivity index (χ1) is 18.5. The molecule has 206 valence electrons. The number of hydrogen-bond acceptors (Lipinski definition) is 5. The Bertz CT molecular complexity index is 1560. The van der Waals surface area contributed by atoms with Gasteiger partial charge in [0.2, 0.25) is 0 Å². The van der Waals surface area contributed by atoms with Crippen molar-refractivity contribution in [1.82, 2.24) is 9.38 Å². The molecular weight excluding hydrogens is 543 g/mol. The maximum atomic E-state index is 13.4. The second-order valence-corrected chi connectivity index (χ2v) is 13.6. The van der Waals surface area contributed by atoms with Gasteiger partial charge in [-0.25, -0.2) is 13.4 Å². The molecule has 1 saturated carbocycles. The summed E-state index contributed by atoms with van der Waals surface area (Å²) in [6, 6.07) is 17.3. The number of hydrogen-bond donors (Lipinski definition) is 1. The fourth-order valence-electron chi connectivity index (χ4n) is 5.16. The van der Waals surface area contributed by atoms with Crippen LogP contribution in [0.25, 0.3) is 16.8 Å². The number of sulfone groups is 1. The molecule has 1 N–H and O–H groups in total. The van der Waals surface area contributed by atoms with Gasteiger partial charge in [0.25, 0.3) is 0 Å². The Morgan fingerprint density at radius 3 is 2.33 bits per heavy atom. The van der Waals surface area contributed by atoms with Crippen LogP contribution in [0.4, 0.5) is 18.9 Å². The first-order valence-corrected chi connectivity index (χ1v) is 15.3. The molecule has 0 unspecified atom stereocenters. The van der Waals surface area contributed by atoms with Crippen molar-refractivity contribution < 1.29 is 21.6 Å². The molecule has 1 aliphatic carbocycles. The van der Waals surface area contributed by atoms with Gasteiger partial charge in [0.15, 0.2) is 9.84 Å². The van der Waals surface area contributed by atoms with Crippen LogP contribution in [0.3, 0.4) is 0 Å². The summed E-state index contributed by atoms with van der Waals surface area (Å²) in [6.45, 7) is 4.24. The monoisotopic (exact) mass is 573 g/mol.